The molecule has 0 aliphatic rings. The van der Waals surface area contributed by atoms with E-state index in [2.05, 4.69) is 63.8 Å². The number of imidazole rings is 1. The molecule has 0 saturated carbocycles. The Morgan fingerprint density at radius 2 is 2.00 bits per heavy atom. The van der Waals surface area contributed by atoms with Crippen LogP contribution in [0.5, 0.6) is 0 Å². The fraction of sp³-hybridized carbons (Fsp3) is 0.353. The van der Waals surface area contributed by atoms with Crippen LogP contribution < -0.4 is 0 Å². The first kappa shape index (κ1) is 13.0. The molecule has 0 aliphatic carbocycles. The van der Waals surface area contributed by atoms with Crippen molar-refractivity contribution in [2.24, 2.45) is 5.92 Å². The molecule has 3 heteroatoms. The monoisotopic (exact) mass is 267 g/mol. The summed E-state index contributed by atoms with van der Waals surface area (Å²) in [7, 11) is 0. The molecule has 3 aromatic rings. The number of rotatable bonds is 6. The fourth-order valence-corrected chi connectivity index (χ4v) is 2.92. The van der Waals surface area contributed by atoms with E-state index in [0.29, 0.717) is 5.92 Å². The minimum absolute atomic E-state index is 0.644. The van der Waals surface area contributed by atoms with Gasteiger partial charge in [0, 0.05) is 37.2 Å². The van der Waals surface area contributed by atoms with Gasteiger partial charge in [-0.2, -0.15) is 0 Å². The maximum absolute atomic E-state index is 4.14. The maximum Gasteiger partial charge on any atom is 0.0946 e. The van der Waals surface area contributed by atoms with Gasteiger partial charge in [-0.3, -0.25) is 0 Å². The average molecular weight is 267 g/mol. The number of aromatic nitrogens is 3. The Balaban J connectivity index is 1.78. The van der Waals surface area contributed by atoms with Crippen LogP contribution in [-0.2, 0) is 13.1 Å². The third-order valence-electron chi connectivity index (χ3n) is 3.86. The van der Waals surface area contributed by atoms with Crippen molar-refractivity contribution in [1.82, 2.24) is 14.1 Å². The molecule has 0 aliphatic heterocycles. The molecule has 0 fully saturated rings. The summed E-state index contributed by atoms with van der Waals surface area (Å²) >= 11 is 0. The first-order valence-corrected chi connectivity index (χ1v) is 7.36. The smallest absolute Gasteiger partial charge is 0.0946 e. The lowest BCUT2D eigenvalue weighted by atomic mass is 10.0. The van der Waals surface area contributed by atoms with E-state index < -0.39 is 0 Å². The van der Waals surface area contributed by atoms with Crippen molar-refractivity contribution in [3.63, 3.8) is 0 Å². The van der Waals surface area contributed by atoms with Crippen LogP contribution in [0, 0.1) is 5.92 Å². The Hall–Kier alpha value is -2.03. The summed E-state index contributed by atoms with van der Waals surface area (Å²) in [5.41, 5.74) is 1.33. The molecule has 1 unspecified atom stereocenters. The van der Waals surface area contributed by atoms with E-state index in [0.717, 1.165) is 13.1 Å². The molecule has 2 aromatic heterocycles. The Kier molecular flexibility index (Phi) is 3.86. The van der Waals surface area contributed by atoms with E-state index in [-0.39, 0.29) is 0 Å². The number of benzene rings is 1. The van der Waals surface area contributed by atoms with Gasteiger partial charge in [0.2, 0.25) is 0 Å². The standard InChI is InChI=1S/C17H21N3/c1-2-5-15(12-19-11-9-18-14-19)13-20-10-8-16-6-3-4-7-17(16)20/h3-4,6-11,14-15H,2,5,12-13H2,1H3. The quantitative estimate of drug-likeness (QED) is 0.663. The summed E-state index contributed by atoms with van der Waals surface area (Å²) in [5.74, 6) is 0.644. The van der Waals surface area contributed by atoms with Gasteiger partial charge in [0.1, 0.15) is 0 Å². The van der Waals surface area contributed by atoms with Crippen molar-refractivity contribution in [3.05, 3.63) is 55.2 Å². The average Bonchev–Trinajstić information content (AvgIpc) is 3.10. The summed E-state index contributed by atoms with van der Waals surface area (Å²) in [6.07, 6.45) is 10.5. The van der Waals surface area contributed by atoms with Gasteiger partial charge >= 0.3 is 0 Å². The predicted octanol–water partition coefficient (Wildman–Crippen LogP) is 3.95. The van der Waals surface area contributed by atoms with E-state index >= 15 is 0 Å². The van der Waals surface area contributed by atoms with E-state index in [9.17, 15) is 0 Å². The zero-order valence-electron chi connectivity index (χ0n) is 11.9. The maximum atomic E-state index is 4.14. The second-order valence-corrected chi connectivity index (χ2v) is 5.44. The summed E-state index contributed by atoms with van der Waals surface area (Å²) in [5, 5.41) is 1.32. The van der Waals surface area contributed by atoms with Crippen molar-refractivity contribution in [1.29, 1.82) is 0 Å². The predicted molar refractivity (Wildman–Crippen MR) is 82.6 cm³/mol. The molecular weight excluding hydrogens is 246 g/mol. The lowest BCUT2D eigenvalue weighted by Gasteiger charge is -2.18. The largest absolute Gasteiger partial charge is 0.347 e. The number of fused-ring (bicyclic) bond motifs is 1. The lowest BCUT2D eigenvalue weighted by molar-refractivity contribution is 0.363. The van der Waals surface area contributed by atoms with Crippen molar-refractivity contribution in [3.8, 4) is 0 Å². The molecule has 0 saturated heterocycles. The van der Waals surface area contributed by atoms with Crippen molar-refractivity contribution in [2.75, 3.05) is 0 Å². The van der Waals surface area contributed by atoms with Crippen LogP contribution in [0.4, 0.5) is 0 Å². The Labute approximate surface area is 119 Å². The number of para-hydroxylation sites is 1. The summed E-state index contributed by atoms with van der Waals surface area (Å²) in [6.45, 7) is 4.37. The molecule has 3 rings (SSSR count). The van der Waals surface area contributed by atoms with Gasteiger partial charge in [-0.25, -0.2) is 4.98 Å². The van der Waals surface area contributed by atoms with Crippen LogP contribution in [0.1, 0.15) is 19.8 Å². The fourth-order valence-electron chi connectivity index (χ4n) is 2.92. The van der Waals surface area contributed by atoms with Gasteiger partial charge in [0.15, 0.2) is 0 Å². The second kappa shape index (κ2) is 5.95. The molecule has 0 bridgehead atoms. The molecular formula is C17H21N3. The molecule has 20 heavy (non-hydrogen) atoms. The number of hydrogen-bond acceptors (Lipinski definition) is 1. The Bertz CT molecular complexity index is 652. The molecule has 0 amide bonds. The lowest BCUT2D eigenvalue weighted by Crippen LogP contribution is -2.16. The molecule has 0 radical (unpaired) electrons. The highest BCUT2D eigenvalue weighted by Gasteiger charge is 2.11. The second-order valence-electron chi connectivity index (χ2n) is 5.44. The summed E-state index contributed by atoms with van der Waals surface area (Å²) in [4.78, 5) is 4.14. The molecule has 3 nitrogen and oxygen atoms in total. The molecule has 2 heterocycles. The van der Waals surface area contributed by atoms with Gasteiger partial charge in [-0.15, -0.1) is 0 Å². The van der Waals surface area contributed by atoms with Crippen molar-refractivity contribution < 1.29 is 0 Å². The van der Waals surface area contributed by atoms with Crippen LogP contribution in [0.25, 0.3) is 10.9 Å². The van der Waals surface area contributed by atoms with Gasteiger partial charge < -0.3 is 9.13 Å². The topological polar surface area (TPSA) is 22.8 Å². The molecule has 0 N–H and O–H groups in total. The Morgan fingerprint density at radius 1 is 1.10 bits per heavy atom. The SMILES string of the molecule is CCCC(Cn1ccnc1)Cn1ccc2ccccc21. The normalized spacial score (nSPS) is 12.8. The number of hydrogen-bond donors (Lipinski definition) is 0. The van der Waals surface area contributed by atoms with Crippen LogP contribution in [0.3, 0.4) is 0 Å². The van der Waals surface area contributed by atoms with E-state index in [4.69, 9.17) is 0 Å². The molecule has 1 aromatic carbocycles. The highest BCUT2D eigenvalue weighted by Crippen LogP contribution is 2.19. The van der Waals surface area contributed by atoms with E-state index in [1.807, 2.05) is 12.5 Å². The summed E-state index contributed by atoms with van der Waals surface area (Å²) < 4.78 is 4.57. The van der Waals surface area contributed by atoms with Crippen molar-refractivity contribution in [2.45, 2.75) is 32.9 Å². The van der Waals surface area contributed by atoms with Gasteiger partial charge in [-0.05, 0) is 29.9 Å². The molecule has 0 spiro atoms. The van der Waals surface area contributed by atoms with E-state index in [1.165, 1.54) is 23.7 Å². The van der Waals surface area contributed by atoms with Crippen LogP contribution in [-0.4, -0.2) is 14.1 Å². The third kappa shape index (κ3) is 2.77. The zero-order valence-corrected chi connectivity index (χ0v) is 11.9. The summed E-state index contributed by atoms with van der Waals surface area (Å²) in [6, 6.07) is 10.8. The van der Waals surface area contributed by atoms with Crippen LogP contribution >= 0.6 is 0 Å². The Morgan fingerprint density at radius 3 is 2.80 bits per heavy atom. The minimum Gasteiger partial charge on any atom is -0.347 e. The van der Waals surface area contributed by atoms with Crippen LogP contribution in [0.2, 0.25) is 0 Å². The first-order valence-electron chi connectivity index (χ1n) is 7.36. The van der Waals surface area contributed by atoms with Gasteiger partial charge in [-0.1, -0.05) is 31.5 Å². The minimum atomic E-state index is 0.644. The molecule has 104 valence electrons. The number of nitrogens with zero attached hydrogens (tertiary/aromatic N) is 3. The third-order valence-corrected chi connectivity index (χ3v) is 3.86. The van der Waals surface area contributed by atoms with Gasteiger partial charge in [0.05, 0.1) is 6.33 Å². The molecule has 1 atom stereocenters. The van der Waals surface area contributed by atoms with Crippen LogP contribution in [0.15, 0.2) is 55.2 Å². The van der Waals surface area contributed by atoms with E-state index in [1.54, 1.807) is 0 Å². The first-order chi connectivity index (χ1) is 9.86. The highest BCUT2D eigenvalue weighted by molar-refractivity contribution is 5.79. The highest BCUT2D eigenvalue weighted by atomic mass is 15.0. The van der Waals surface area contributed by atoms with Crippen molar-refractivity contribution >= 4 is 10.9 Å². The van der Waals surface area contributed by atoms with Gasteiger partial charge in [0.25, 0.3) is 0 Å². The zero-order chi connectivity index (χ0) is 13.8.